The van der Waals surface area contributed by atoms with Gasteiger partial charge in [-0.15, -0.1) is 0 Å². The third-order valence-electron chi connectivity index (χ3n) is 4.91. The van der Waals surface area contributed by atoms with Crippen LogP contribution in [0.2, 0.25) is 0 Å². The van der Waals surface area contributed by atoms with Crippen LogP contribution in [-0.4, -0.2) is 20.8 Å². The van der Waals surface area contributed by atoms with Gasteiger partial charge in [0.25, 0.3) is 5.91 Å². The van der Waals surface area contributed by atoms with E-state index in [2.05, 4.69) is 34.6 Å². The van der Waals surface area contributed by atoms with E-state index in [0.717, 1.165) is 17.0 Å². The standard InChI is InChI=1S/C23H21FN4O2/c1-14-5-4-6-17(11-14)13-28-16(3)22(15(2)26-28)25-23(29)20-12-21(30-27-20)18-7-9-19(24)10-8-18/h4-12H,13H2,1-3H3,(H,25,29). The lowest BCUT2D eigenvalue weighted by Crippen LogP contribution is -2.13. The van der Waals surface area contributed by atoms with Gasteiger partial charge >= 0.3 is 0 Å². The van der Waals surface area contributed by atoms with Gasteiger partial charge in [-0.25, -0.2) is 4.39 Å². The SMILES string of the molecule is Cc1cccc(Cn2nc(C)c(NC(=O)c3cc(-c4ccc(F)cc4)on3)c2C)c1. The summed E-state index contributed by atoms with van der Waals surface area (Å²) in [4.78, 5) is 12.7. The Hall–Kier alpha value is -3.74. The molecule has 1 N–H and O–H groups in total. The van der Waals surface area contributed by atoms with E-state index in [0.29, 0.717) is 23.6 Å². The van der Waals surface area contributed by atoms with Gasteiger partial charge in [-0.1, -0.05) is 35.0 Å². The lowest BCUT2D eigenvalue weighted by atomic mass is 10.1. The van der Waals surface area contributed by atoms with E-state index < -0.39 is 5.91 Å². The molecule has 2 aromatic heterocycles. The van der Waals surface area contributed by atoms with Crippen LogP contribution in [0.5, 0.6) is 0 Å². The molecule has 6 nitrogen and oxygen atoms in total. The molecule has 0 bridgehead atoms. The number of nitrogens with one attached hydrogen (secondary N) is 1. The van der Waals surface area contributed by atoms with Crippen molar-refractivity contribution in [2.45, 2.75) is 27.3 Å². The molecule has 2 heterocycles. The maximum Gasteiger partial charge on any atom is 0.277 e. The van der Waals surface area contributed by atoms with Gasteiger partial charge in [-0.05, 0) is 50.6 Å². The number of carbonyl (C=O) groups excluding carboxylic acids is 1. The number of carbonyl (C=O) groups is 1. The van der Waals surface area contributed by atoms with Crippen molar-refractivity contribution in [3.63, 3.8) is 0 Å². The van der Waals surface area contributed by atoms with Crippen molar-refractivity contribution in [2.75, 3.05) is 5.32 Å². The molecule has 4 aromatic rings. The number of amides is 1. The van der Waals surface area contributed by atoms with Crippen LogP contribution in [0.3, 0.4) is 0 Å². The maximum atomic E-state index is 13.1. The second-order valence-electron chi connectivity index (χ2n) is 7.23. The fourth-order valence-corrected chi connectivity index (χ4v) is 3.33. The Balaban J connectivity index is 1.52. The monoisotopic (exact) mass is 404 g/mol. The fraction of sp³-hybridized carbons (Fsp3) is 0.174. The molecule has 2 aromatic carbocycles. The predicted molar refractivity (Wildman–Crippen MR) is 112 cm³/mol. The Morgan fingerprint density at radius 1 is 1.10 bits per heavy atom. The van der Waals surface area contributed by atoms with Crippen LogP contribution >= 0.6 is 0 Å². The number of anilines is 1. The molecule has 0 unspecified atom stereocenters. The van der Waals surface area contributed by atoms with Gasteiger partial charge in [0, 0.05) is 11.6 Å². The summed E-state index contributed by atoms with van der Waals surface area (Å²) in [6, 6.07) is 15.6. The second-order valence-corrected chi connectivity index (χ2v) is 7.23. The Morgan fingerprint density at radius 3 is 2.60 bits per heavy atom. The van der Waals surface area contributed by atoms with E-state index >= 15 is 0 Å². The number of halogens is 1. The highest BCUT2D eigenvalue weighted by Crippen LogP contribution is 2.24. The smallest absolute Gasteiger partial charge is 0.277 e. The number of aryl methyl sites for hydroxylation is 2. The number of hydrogen-bond donors (Lipinski definition) is 1. The van der Waals surface area contributed by atoms with Crippen molar-refractivity contribution in [3.8, 4) is 11.3 Å². The summed E-state index contributed by atoms with van der Waals surface area (Å²) < 4.78 is 20.2. The molecule has 30 heavy (non-hydrogen) atoms. The third-order valence-corrected chi connectivity index (χ3v) is 4.91. The minimum atomic E-state index is -0.395. The van der Waals surface area contributed by atoms with Crippen LogP contribution in [0.4, 0.5) is 10.1 Å². The normalized spacial score (nSPS) is 10.9. The van der Waals surface area contributed by atoms with Crippen LogP contribution < -0.4 is 5.32 Å². The van der Waals surface area contributed by atoms with Gasteiger partial charge in [0.2, 0.25) is 0 Å². The first-order chi connectivity index (χ1) is 14.4. The molecule has 0 fully saturated rings. The highest BCUT2D eigenvalue weighted by atomic mass is 19.1. The van der Waals surface area contributed by atoms with E-state index in [-0.39, 0.29) is 11.5 Å². The summed E-state index contributed by atoms with van der Waals surface area (Å²) in [5.74, 6) is -0.345. The Kier molecular flexibility index (Phi) is 5.18. The average Bonchev–Trinajstić information content (AvgIpc) is 3.30. The highest BCUT2D eigenvalue weighted by Gasteiger charge is 2.19. The van der Waals surface area contributed by atoms with Crippen molar-refractivity contribution in [2.24, 2.45) is 0 Å². The van der Waals surface area contributed by atoms with Gasteiger partial charge in [-0.2, -0.15) is 5.10 Å². The van der Waals surface area contributed by atoms with E-state index in [4.69, 9.17) is 4.52 Å². The second kappa shape index (κ2) is 7.94. The molecule has 1 amide bonds. The summed E-state index contributed by atoms with van der Waals surface area (Å²) in [5, 5.41) is 11.3. The first-order valence-corrected chi connectivity index (χ1v) is 9.54. The molecule has 0 saturated carbocycles. The lowest BCUT2D eigenvalue weighted by Gasteiger charge is -2.07. The zero-order valence-corrected chi connectivity index (χ0v) is 16.9. The molecule has 0 aliphatic heterocycles. The van der Waals surface area contributed by atoms with E-state index in [9.17, 15) is 9.18 Å². The minimum Gasteiger partial charge on any atom is -0.355 e. The summed E-state index contributed by atoms with van der Waals surface area (Å²) >= 11 is 0. The predicted octanol–water partition coefficient (Wildman–Crippen LogP) is 4.90. The molecule has 152 valence electrons. The van der Waals surface area contributed by atoms with Gasteiger partial charge < -0.3 is 9.84 Å². The Morgan fingerprint density at radius 2 is 1.87 bits per heavy atom. The zero-order valence-electron chi connectivity index (χ0n) is 16.9. The quantitative estimate of drug-likeness (QED) is 0.513. The zero-order chi connectivity index (χ0) is 21.3. The minimum absolute atomic E-state index is 0.138. The molecule has 0 aliphatic carbocycles. The van der Waals surface area contributed by atoms with E-state index in [1.54, 1.807) is 12.1 Å². The van der Waals surface area contributed by atoms with Crippen LogP contribution in [0, 0.1) is 26.6 Å². The van der Waals surface area contributed by atoms with Crippen molar-refractivity contribution >= 4 is 11.6 Å². The number of benzene rings is 2. The molecule has 0 radical (unpaired) electrons. The molecular weight excluding hydrogens is 383 g/mol. The molecule has 0 spiro atoms. The van der Waals surface area contributed by atoms with Gasteiger partial charge in [0.1, 0.15) is 5.82 Å². The van der Waals surface area contributed by atoms with Crippen molar-refractivity contribution in [1.82, 2.24) is 14.9 Å². The molecule has 0 saturated heterocycles. The van der Waals surface area contributed by atoms with Crippen LogP contribution in [-0.2, 0) is 6.54 Å². The molecular formula is C23H21FN4O2. The number of nitrogens with zero attached hydrogens (tertiary/aromatic N) is 3. The lowest BCUT2D eigenvalue weighted by molar-refractivity contribution is 0.101. The van der Waals surface area contributed by atoms with Crippen LogP contribution in [0.25, 0.3) is 11.3 Å². The molecule has 4 rings (SSSR count). The summed E-state index contributed by atoms with van der Waals surface area (Å²) in [6.07, 6.45) is 0. The highest BCUT2D eigenvalue weighted by molar-refractivity contribution is 6.03. The van der Waals surface area contributed by atoms with Crippen molar-refractivity contribution in [3.05, 3.63) is 88.6 Å². The first-order valence-electron chi connectivity index (χ1n) is 9.54. The van der Waals surface area contributed by atoms with Gasteiger partial charge in [-0.3, -0.25) is 9.48 Å². The molecule has 0 aliphatic rings. The number of rotatable bonds is 5. The van der Waals surface area contributed by atoms with Crippen LogP contribution in [0.15, 0.2) is 59.1 Å². The van der Waals surface area contributed by atoms with Crippen LogP contribution in [0.1, 0.15) is 33.0 Å². The number of aromatic nitrogens is 3. The maximum absolute atomic E-state index is 13.1. The molecule has 0 atom stereocenters. The fourth-order valence-electron chi connectivity index (χ4n) is 3.33. The van der Waals surface area contributed by atoms with Gasteiger partial charge in [0.05, 0.1) is 23.6 Å². The van der Waals surface area contributed by atoms with E-state index in [1.807, 2.05) is 30.7 Å². The Bertz CT molecular complexity index is 1210. The summed E-state index contributed by atoms with van der Waals surface area (Å²) in [6.45, 7) is 6.43. The Labute approximate surface area is 173 Å². The first kappa shape index (κ1) is 19.6. The topological polar surface area (TPSA) is 73.0 Å². The molecule has 7 heteroatoms. The summed E-state index contributed by atoms with van der Waals surface area (Å²) in [7, 11) is 0. The summed E-state index contributed by atoms with van der Waals surface area (Å²) in [5.41, 5.74) is 5.32. The third kappa shape index (κ3) is 4.00. The largest absolute Gasteiger partial charge is 0.355 e. The van der Waals surface area contributed by atoms with Gasteiger partial charge in [0.15, 0.2) is 11.5 Å². The van der Waals surface area contributed by atoms with Crippen molar-refractivity contribution in [1.29, 1.82) is 0 Å². The van der Waals surface area contributed by atoms with Crippen molar-refractivity contribution < 1.29 is 13.7 Å². The number of hydrogen-bond acceptors (Lipinski definition) is 4. The average molecular weight is 404 g/mol. The van der Waals surface area contributed by atoms with E-state index in [1.165, 1.54) is 23.8 Å².